The molecule has 3 aromatic rings. The van der Waals surface area contributed by atoms with Crippen molar-refractivity contribution >= 4 is 17.5 Å². The largest absolute Gasteiger partial charge is 0.497 e. The SMILES string of the molecule is CCONC(=O)c1cc(-c2ccc(Cl)cc2)n(-c2cccc(OC)c2)c1C. The van der Waals surface area contributed by atoms with Crippen LogP contribution in [-0.2, 0) is 4.84 Å². The average molecular weight is 385 g/mol. The number of methoxy groups -OCH3 is 1. The van der Waals surface area contributed by atoms with Crippen molar-refractivity contribution in [2.75, 3.05) is 13.7 Å². The maximum Gasteiger partial charge on any atom is 0.276 e. The number of hydrogen-bond donors (Lipinski definition) is 1. The van der Waals surface area contributed by atoms with Gasteiger partial charge in [-0.1, -0.05) is 29.8 Å². The summed E-state index contributed by atoms with van der Waals surface area (Å²) in [7, 11) is 1.63. The van der Waals surface area contributed by atoms with Crippen LogP contribution in [0.1, 0.15) is 23.0 Å². The molecule has 5 nitrogen and oxygen atoms in total. The number of nitrogens with one attached hydrogen (secondary N) is 1. The molecule has 27 heavy (non-hydrogen) atoms. The van der Waals surface area contributed by atoms with Gasteiger partial charge in [0.05, 0.1) is 25.0 Å². The molecule has 140 valence electrons. The average Bonchev–Trinajstić information content (AvgIpc) is 3.04. The number of rotatable bonds is 6. The molecule has 0 radical (unpaired) electrons. The Hall–Kier alpha value is -2.76. The lowest BCUT2D eigenvalue weighted by Gasteiger charge is -2.13. The zero-order valence-electron chi connectivity index (χ0n) is 15.5. The highest BCUT2D eigenvalue weighted by molar-refractivity contribution is 6.30. The van der Waals surface area contributed by atoms with E-state index in [2.05, 4.69) is 5.48 Å². The van der Waals surface area contributed by atoms with E-state index in [0.717, 1.165) is 28.4 Å². The van der Waals surface area contributed by atoms with Crippen molar-refractivity contribution in [1.29, 1.82) is 0 Å². The van der Waals surface area contributed by atoms with E-state index in [0.29, 0.717) is 17.2 Å². The summed E-state index contributed by atoms with van der Waals surface area (Å²) in [5, 5.41) is 0.657. The second-order valence-electron chi connectivity index (χ2n) is 5.94. The molecule has 3 rings (SSSR count). The van der Waals surface area contributed by atoms with E-state index in [9.17, 15) is 4.79 Å². The predicted molar refractivity (Wildman–Crippen MR) is 107 cm³/mol. The third-order valence-electron chi connectivity index (χ3n) is 4.25. The topological polar surface area (TPSA) is 52.5 Å². The van der Waals surface area contributed by atoms with Gasteiger partial charge in [-0.05, 0) is 49.7 Å². The molecule has 0 saturated heterocycles. The van der Waals surface area contributed by atoms with Crippen molar-refractivity contribution in [3.05, 3.63) is 70.9 Å². The number of hydrogen-bond acceptors (Lipinski definition) is 3. The van der Waals surface area contributed by atoms with Gasteiger partial charge < -0.3 is 9.30 Å². The summed E-state index contributed by atoms with van der Waals surface area (Å²) in [6, 6.07) is 17.1. The third kappa shape index (κ3) is 3.99. The van der Waals surface area contributed by atoms with Gasteiger partial charge in [-0.25, -0.2) is 5.48 Å². The molecule has 0 atom stereocenters. The van der Waals surface area contributed by atoms with Gasteiger partial charge in [0, 0.05) is 22.5 Å². The third-order valence-corrected chi connectivity index (χ3v) is 4.50. The molecule has 0 aliphatic heterocycles. The summed E-state index contributed by atoms with van der Waals surface area (Å²) >= 11 is 6.04. The molecule has 0 saturated carbocycles. The van der Waals surface area contributed by atoms with E-state index < -0.39 is 0 Å². The Balaban J connectivity index is 2.17. The lowest BCUT2D eigenvalue weighted by atomic mass is 10.1. The Bertz CT molecular complexity index is 949. The molecule has 0 fully saturated rings. The number of amides is 1. The Morgan fingerprint density at radius 3 is 2.56 bits per heavy atom. The van der Waals surface area contributed by atoms with Crippen molar-refractivity contribution in [2.45, 2.75) is 13.8 Å². The monoisotopic (exact) mass is 384 g/mol. The Morgan fingerprint density at radius 2 is 1.89 bits per heavy atom. The highest BCUT2D eigenvalue weighted by Gasteiger charge is 2.20. The maximum absolute atomic E-state index is 12.5. The number of ether oxygens (including phenoxy) is 1. The van der Waals surface area contributed by atoms with Gasteiger partial charge in [0.15, 0.2) is 0 Å². The summed E-state index contributed by atoms with van der Waals surface area (Å²) in [5.41, 5.74) is 6.52. The van der Waals surface area contributed by atoms with Crippen molar-refractivity contribution in [3.63, 3.8) is 0 Å². The maximum atomic E-state index is 12.5. The summed E-state index contributed by atoms with van der Waals surface area (Å²) in [4.78, 5) is 17.6. The first kappa shape index (κ1) is 19.0. The summed E-state index contributed by atoms with van der Waals surface area (Å²) < 4.78 is 7.38. The standard InChI is InChI=1S/C21H21ClN2O3/c1-4-27-23-21(25)19-13-20(15-8-10-16(22)11-9-15)24(14(19)2)17-6-5-7-18(12-17)26-3/h5-13H,4H2,1-3H3,(H,23,25). The molecule has 1 aromatic heterocycles. The second-order valence-corrected chi connectivity index (χ2v) is 6.37. The Morgan fingerprint density at radius 1 is 1.15 bits per heavy atom. The fourth-order valence-electron chi connectivity index (χ4n) is 2.94. The van der Waals surface area contributed by atoms with E-state index in [-0.39, 0.29) is 5.91 Å². The minimum absolute atomic E-state index is 0.286. The van der Waals surface area contributed by atoms with E-state index in [4.69, 9.17) is 21.2 Å². The predicted octanol–water partition coefficient (Wildman–Crippen LogP) is 4.80. The van der Waals surface area contributed by atoms with Crippen LogP contribution in [0.3, 0.4) is 0 Å². The van der Waals surface area contributed by atoms with Crippen LogP contribution >= 0.6 is 11.6 Å². The smallest absolute Gasteiger partial charge is 0.276 e. The van der Waals surface area contributed by atoms with E-state index in [1.54, 1.807) is 7.11 Å². The van der Waals surface area contributed by atoms with Crippen LogP contribution in [0, 0.1) is 6.92 Å². The van der Waals surface area contributed by atoms with Crippen LogP contribution in [0.15, 0.2) is 54.6 Å². The van der Waals surface area contributed by atoms with Crippen LogP contribution in [0.25, 0.3) is 16.9 Å². The second kappa shape index (κ2) is 8.29. The molecule has 2 aromatic carbocycles. The first-order chi connectivity index (χ1) is 13.0. The van der Waals surface area contributed by atoms with Crippen molar-refractivity contribution < 1.29 is 14.4 Å². The van der Waals surface area contributed by atoms with Gasteiger partial charge >= 0.3 is 0 Å². The molecule has 1 N–H and O–H groups in total. The van der Waals surface area contributed by atoms with Gasteiger partial charge in [-0.3, -0.25) is 9.63 Å². The molecule has 0 unspecified atom stereocenters. The van der Waals surface area contributed by atoms with Crippen LogP contribution < -0.4 is 10.2 Å². The molecule has 1 amide bonds. The fraction of sp³-hybridized carbons (Fsp3) is 0.190. The molecule has 1 heterocycles. The van der Waals surface area contributed by atoms with Crippen LogP contribution in [-0.4, -0.2) is 24.2 Å². The molecular formula is C21H21ClN2O3. The van der Waals surface area contributed by atoms with E-state index in [1.807, 2.05) is 73.0 Å². The highest BCUT2D eigenvalue weighted by Crippen LogP contribution is 2.31. The highest BCUT2D eigenvalue weighted by atomic mass is 35.5. The molecule has 0 spiro atoms. The number of halogens is 1. The summed E-state index contributed by atoms with van der Waals surface area (Å²) in [6.45, 7) is 4.11. The fourth-order valence-corrected chi connectivity index (χ4v) is 3.07. The van der Waals surface area contributed by atoms with Crippen LogP contribution in [0.2, 0.25) is 5.02 Å². The molecule has 6 heteroatoms. The quantitative estimate of drug-likeness (QED) is 0.621. The molecule has 0 bridgehead atoms. The van der Waals surface area contributed by atoms with Gasteiger partial charge in [0.25, 0.3) is 5.91 Å². The van der Waals surface area contributed by atoms with Gasteiger partial charge in [-0.15, -0.1) is 0 Å². The summed E-state index contributed by atoms with van der Waals surface area (Å²) in [5.74, 6) is 0.453. The minimum atomic E-state index is -0.286. The number of hydroxylamine groups is 1. The van der Waals surface area contributed by atoms with Crippen molar-refractivity contribution in [3.8, 4) is 22.7 Å². The molecular weight excluding hydrogens is 364 g/mol. The molecule has 0 aliphatic carbocycles. The van der Waals surface area contributed by atoms with Gasteiger partial charge in [0.1, 0.15) is 5.75 Å². The summed E-state index contributed by atoms with van der Waals surface area (Å²) in [6.07, 6.45) is 0. The van der Waals surface area contributed by atoms with Crippen LogP contribution in [0.4, 0.5) is 0 Å². The van der Waals surface area contributed by atoms with E-state index >= 15 is 0 Å². The number of aromatic nitrogens is 1. The van der Waals surface area contributed by atoms with Crippen molar-refractivity contribution in [2.24, 2.45) is 0 Å². The van der Waals surface area contributed by atoms with Crippen molar-refractivity contribution in [1.82, 2.24) is 10.0 Å². The Labute approximate surface area is 163 Å². The zero-order chi connectivity index (χ0) is 19.4. The number of carbonyl (C=O) groups is 1. The first-order valence-electron chi connectivity index (χ1n) is 8.60. The first-order valence-corrected chi connectivity index (χ1v) is 8.97. The number of carbonyl (C=O) groups excluding carboxylic acids is 1. The minimum Gasteiger partial charge on any atom is -0.497 e. The number of nitrogens with zero attached hydrogens (tertiary/aromatic N) is 1. The van der Waals surface area contributed by atoms with Crippen LogP contribution in [0.5, 0.6) is 5.75 Å². The molecule has 0 aliphatic rings. The van der Waals surface area contributed by atoms with Gasteiger partial charge in [0.2, 0.25) is 0 Å². The lowest BCUT2D eigenvalue weighted by Crippen LogP contribution is -2.24. The van der Waals surface area contributed by atoms with E-state index in [1.165, 1.54) is 0 Å². The Kier molecular flexibility index (Phi) is 5.84. The lowest BCUT2D eigenvalue weighted by molar-refractivity contribution is 0.0364. The normalized spacial score (nSPS) is 10.7. The van der Waals surface area contributed by atoms with Gasteiger partial charge in [-0.2, -0.15) is 0 Å². The number of benzene rings is 2. The zero-order valence-corrected chi connectivity index (χ0v) is 16.2.